The van der Waals surface area contributed by atoms with E-state index >= 15 is 0 Å². The van der Waals surface area contributed by atoms with Crippen molar-refractivity contribution in [3.8, 4) is 0 Å². The first kappa shape index (κ1) is 14.3. The lowest BCUT2D eigenvalue weighted by molar-refractivity contribution is 0.0760. The van der Waals surface area contributed by atoms with Crippen molar-refractivity contribution in [3.05, 3.63) is 33.2 Å². The largest absolute Gasteiger partial charge is 0.386 e. The van der Waals surface area contributed by atoms with Crippen molar-refractivity contribution in [1.82, 2.24) is 4.57 Å². The fourth-order valence-electron chi connectivity index (χ4n) is 2.92. The van der Waals surface area contributed by atoms with Gasteiger partial charge in [0.25, 0.3) is 5.56 Å². The van der Waals surface area contributed by atoms with Gasteiger partial charge in [-0.2, -0.15) is 0 Å². The first-order valence-electron chi connectivity index (χ1n) is 7.36. The fourth-order valence-corrected chi connectivity index (χ4v) is 2.92. The molecule has 106 valence electrons. The zero-order chi connectivity index (χ0) is 14.2. The first-order chi connectivity index (χ1) is 8.86. The predicted octanol–water partition coefficient (Wildman–Crippen LogP) is 2.93. The Morgan fingerprint density at radius 1 is 1.37 bits per heavy atom. The Balaban J connectivity index is 2.72. The second-order valence-electron chi connectivity index (χ2n) is 6.23. The van der Waals surface area contributed by atoms with E-state index in [2.05, 4.69) is 13.8 Å². The second-order valence-corrected chi connectivity index (χ2v) is 6.23. The Labute approximate surface area is 115 Å². The third kappa shape index (κ3) is 2.62. The Morgan fingerprint density at radius 3 is 2.58 bits per heavy atom. The van der Waals surface area contributed by atoms with Crippen molar-refractivity contribution >= 4 is 0 Å². The van der Waals surface area contributed by atoms with E-state index in [0.717, 1.165) is 25.7 Å². The van der Waals surface area contributed by atoms with Gasteiger partial charge in [0.2, 0.25) is 0 Å². The molecule has 0 aliphatic heterocycles. The minimum atomic E-state index is -1.07. The molecule has 1 aliphatic carbocycles. The number of aryl methyl sites for hydroxylation is 1. The van der Waals surface area contributed by atoms with Crippen molar-refractivity contribution in [3.63, 3.8) is 0 Å². The third-order valence-corrected chi connectivity index (χ3v) is 4.23. The summed E-state index contributed by atoms with van der Waals surface area (Å²) in [5.74, 6) is 0. The molecule has 0 radical (unpaired) electrons. The zero-order valence-electron chi connectivity index (χ0n) is 12.5. The number of fused-ring (bicyclic) bond motifs is 1. The van der Waals surface area contributed by atoms with Crippen molar-refractivity contribution < 1.29 is 5.11 Å². The molecule has 2 rings (SSSR count). The van der Waals surface area contributed by atoms with Crippen LogP contribution >= 0.6 is 0 Å². The molecule has 3 nitrogen and oxygen atoms in total. The molecule has 1 heterocycles. The first-order valence-corrected chi connectivity index (χ1v) is 7.36. The van der Waals surface area contributed by atoms with Gasteiger partial charge in [-0.05, 0) is 64.5 Å². The molecule has 0 amide bonds. The molecule has 1 aromatic rings. The molecule has 1 unspecified atom stereocenters. The predicted molar refractivity (Wildman–Crippen MR) is 77.6 cm³/mol. The number of rotatable bonds is 3. The summed E-state index contributed by atoms with van der Waals surface area (Å²) in [4.78, 5) is 12.7. The van der Waals surface area contributed by atoms with Crippen molar-refractivity contribution in [2.45, 2.75) is 71.4 Å². The second kappa shape index (κ2) is 5.12. The van der Waals surface area contributed by atoms with Gasteiger partial charge in [-0.15, -0.1) is 0 Å². The van der Waals surface area contributed by atoms with E-state index in [1.54, 1.807) is 13.8 Å². The van der Waals surface area contributed by atoms with E-state index in [1.807, 2.05) is 10.6 Å². The van der Waals surface area contributed by atoms with Crippen LogP contribution in [0.25, 0.3) is 0 Å². The van der Waals surface area contributed by atoms with Crippen LogP contribution in [0.3, 0.4) is 0 Å². The Kier molecular flexibility index (Phi) is 3.86. The summed E-state index contributed by atoms with van der Waals surface area (Å²) in [6.07, 6.45) is 5.28. The van der Waals surface area contributed by atoms with Crippen LogP contribution in [0.1, 0.15) is 69.8 Å². The molecule has 1 aliphatic rings. The highest BCUT2D eigenvalue weighted by Crippen LogP contribution is 2.27. The fraction of sp³-hybridized carbons (Fsp3) is 0.688. The van der Waals surface area contributed by atoms with Crippen LogP contribution in [0.2, 0.25) is 0 Å². The lowest BCUT2D eigenvalue weighted by atomic mass is 9.90. The molecule has 0 saturated heterocycles. The molecule has 0 fully saturated rings. The van der Waals surface area contributed by atoms with E-state index in [9.17, 15) is 9.90 Å². The maximum atomic E-state index is 12.7. The minimum Gasteiger partial charge on any atom is -0.386 e. The topological polar surface area (TPSA) is 42.2 Å². The standard InChI is InChI=1S/C16H25NO2/c1-5-11(2)17-14-9-7-6-8-12(14)10-13(15(17)18)16(3,4)19/h10-11,19H,5-9H2,1-4H3. The molecular formula is C16H25NO2. The van der Waals surface area contributed by atoms with Gasteiger partial charge < -0.3 is 9.67 Å². The number of aromatic nitrogens is 1. The molecule has 0 saturated carbocycles. The molecule has 3 heteroatoms. The smallest absolute Gasteiger partial charge is 0.257 e. The third-order valence-electron chi connectivity index (χ3n) is 4.23. The lowest BCUT2D eigenvalue weighted by Gasteiger charge is -2.28. The molecule has 1 atom stereocenters. The van der Waals surface area contributed by atoms with E-state index < -0.39 is 5.60 Å². The monoisotopic (exact) mass is 263 g/mol. The van der Waals surface area contributed by atoms with Crippen LogP contribution in [0.5, 0.6) is 0 Å². The molecule has 1 aromatic heterocycles. The molecule has 0 bridgehead atoms. The van der Waals surface area contributed by atoms with Gasteiger partial charge in [-0.3, -0.25) is 4.79 Å². The Morgan fingerprint density at radius 2 is 2.00 bits per heavy atom. The number of aliphatic hydroxyl groups is 1. The summed E-state index contributed by atoms with van der Waals surface area (Å²) in [5, 5.41) is 10.2. The van der Waals surface area contributed by atoms with Gasteiger partial charge in [0, 0.05) is 17.3 Å². The lowest BCUT2D eigenvalue weighted by Crippen LogP contribution is -2.36. The van der Waals surface area contributed by atoms with E-state index in [1.165, 1.54) is 17.7 Å². The van der Waals surface area contributed by atoms with Gasteiger partial charge in [0.1, 0.15) is 0 Å². The van der Waals surface area contributed by atoms with Crippen LogP contribution in [0.15, 0.2) is 10.9 Å². The highest BCUT2D eigenvalue weighted by Gasteiger charge is 2.26. The molecule has 19 heavy (non-hydrogen) atoms. The quantitative estimate of drug-likeness (QED) is 0.911. The highest BCUT2D eigenvalue weighted by molar-refractivity contribution is 5.32. The maximum absolute atomic E-state index is 12.7. The summed E-state index contributed by atoms with van der Waals surface area (Å²) in [7, 11) is 0. The van der Waals surface area contributed by atoms with E-state index in [-0.39, 0.29) is 11.6 Å². The zero-order valence-corrected chi connectivity index (χ0v) is 12.5. The van der Waals surface area contributed by atoms with Gasteiger partial charge in [0.15, 0.2) is 0 Å². The average molecular weight is 263 g/mol. The van der Waals surface area contributed by atoms with Gasteiger partial charge in [0.05, 0.1) is 5.60 Å². The summed E-state index contributed by atoms with van der Waals surface area (Å²) < 4.78 is 1.93. The van der Waals surface area contributed by atoms with Crippen LogP contribution in [-0.2, 0) is 18.4 Å². The van der Waals surface area contributed by atoms with Crippen molar-refractivity contribution in [2.75, 3.05) is 0 Å². The summed E-state index contributed by atoms with van der Waals surface area (Å²) in [5.41, 5.74) is 1.90. The molecule has 1 N–H and O–H groups in total. The Bertz CT molecular complexity index is 523. The summed E-state index contributed by atoms with van der Waals surface area (Å²) >= 11 is 0. The normalized spacial score (nSPS) is 17.1. The van der Waals surface area contributed by atoms with Crippen LogP contribution < -0.4 is 5.56 Å². The summed E-state index contributed by atoms with van der Waals surface area (Å²) in [6.45, 7) is 7.58. The van der Waals surface area contributed by atoms with Crippen LogP contribution in [0.4, 0.5) is 0 Å². The van der Waals surface area contributed by atoms with Gasteiger partial charge in [-0.25, -0.2) is 0 Å². The van der Waals surface area contributed by atoms with E-state index in [0.29, 0.717) is 5.56 Å². The summed E-state index contributed by atoms with van der Waals surface area (Å²) in [6, 6.07) is 2.14. The van der Waals surface area contributed by atoms with Crippen LogP contribution in [-0.4, -0.2) is 9.67 Å². The molecule has 0 spiro atoms. The number of pyridine rings is 1. The maximum Gasteiger partial charge on any atom is 0.257 e. The Hall–Kier alpha value is -1.09. The van der Waals surface area contributed by atoms with E-state index in [4.69, 9.17) is 0 Å². The van der Waals surface area contributed by atoms with Gasteiger partial charge >= 0.3 is 0 Å². The van der Waals surface area contributed by atoms with Crippen molar-refractivity contribution in [1.29, 1.82) is 0 Å². The average Bonchev–Trinajstić information content (AvgIpc) is 2.36. The van der Waals surface area contributed by atoms with Crippen LogP contribution in [0, 0.1) is 0 Å². The number of hydrogen-bond acceptors (Lipinski definition) is 2. The number of nitrogens with zero attached hydrogens (tertiary/aromatic N) is 1. The van der Waals surface area contributed by atoms with Crippen molar-refractivity contribution in [2.24, 2.45) is 0 Å². The number of hydrogen-bond donors (Lipinski definition) is 1. The SMILES string of the molecule is CCC(C)n1c2c(cc(C(C)(C)O)c1=O)CCCC2. The minimum absolute atomic E-state index is 0.0116. The van der Waals surface area contributed by atoms with Gasteiger partial charge in [-0.1, -0.05) is 6.92 Å². The highest BCUT2D eigenvalue weighted by atomic mass is 16.3. The molecular weight excluding hydrogens is 238 g/mol. The molecule has 0 aromatic carbocycles.